The van der Waals surface area contributed by atoms with E-state index in [2.05, 4.69) is 19.2 Å². The normalized spacial score (nSPS) is 29.8. The zero-order chi connectivity index (χ0) is 15.7. The van der Waals surface area contributed by atoms with E-state index in [1.807, 2.05) is 24.3 Å². The van der Waals surface area contributed by atoms with Crippen LogP contribution in [0, 0.1) is 23.7 Å². The molecule has 2 fully saturated rings. The van der Waals surface area contributed by atoms with Crippen LogP contribution in [0.1, 0.15) is 33.1 Å². The maximum absolute atomic E-state index is 12.6. The van der Waals surface area contributed by atoms with E-state index in [1.54, 1.807) is 0 Å². The number of benzene rings is 1. The van der Waals surface area contributed by atoms with Crippen molar-refractivity contribution in [2.24, 2.45) is 29.4 Å². The van der Waals surface area contributed by atoms with Crippen molar-refractivity contribution in [3.8, 4) is 5.75 Å². The van der Waals surface area contributed by atoms with Crippen molar-refractivity contribution in [1.82, 2.24) is 0 Å². The molecule has 0 heterocycles. The zero-order valence-electron chi connectivity index (χ0n) is 13.4. The van der Waals surface area contributed by atoms with E-state index >= 15 is 0 Å². The van der Waals surface area contributed by atoms with Gasteiger partial charge < -0.3 is 15.8 Å². The quantitative estimate of drug-likeness (QED) is 0.878. The molecule has 2 aliphatic rings. The van der Waals surface area contributed by atoms with E-state index in [0.717, 1.165) is 24.3 Å². The average Bonchev–Trinajstić information content (AvgIpc) is 3.06. The van der Waals surface area contributed by atoms with Crippen molar-refractivity contribution in [3.05, 3.63) is 24.3 Å². The Morgan fingerprint density at radius 1 is 1.36 bits per heavy atom. The second-order valence-electron chi connectivity index (χ2n) is 7.16. The summed E-state index contributed by atoms with van der Waals surface area (Å²) in [7, 11) is 0. The van der Waals surface area contributed by atoms with Crippen molar-refractivity contribution in [2.75, 3.05) is 11.9 Å². The fraction of sp³-hybridized carbons (Fsp3) is 0.611. The van der Waals surface area contributed by atoms with Crippen molar-refractivity contribution >= 4 is 11.6 Å². The van der Waals surface area contributed by atoms with Crippen molar-refractivity contribution in [3.63, 3.8) is 0 Å². The highest BCUT2D eigenvalue weighted by atomic mass is 16.5. The molecule has 120 valence electrons. The lowest BCUT2D eigenvalue weighted by molar-refractivity contribution is -0.121. The fourth-order valence-electron chi connectivity index (χ4n) is 3.88. The number of nitrogens with two attached hydrogens (primary N) is 1. The minimum absolute atomic E-state index is 0.0270. The van der Waals surface area contributed by atoms with Crippen molar-refractivity contribution in [1.29, 1.82) is 0 Å². The van der Waals surface area contributed by atoms with Gasteiger partial charge in [-0.05, 0) is 49.1 Å². The number of hydrogen-bond donors (Lipinski definition) is 2. The second-order valence-corrected chi connectivity index (χ2v) is 7.16. The highest BCUT2D eigenvalue weighted by Gasteiger charge is 2.49. The molecule has 3 rings (SSSR count). The average molecular weight is 302 g/mol. The molecular formula is C18H26N2O2. The van der Waals surface area contributed by atoms with Gasteiger partial charge in [0, 0.05) is 17.8 Å². The van der Waals surface area contributed by atoms with Gasteiger partial charge in [-0.1, -0.05) is 19.9 Å². The molecular weight excluding hydrogens is 276 g/mol. The summed E-state index contributed by atoms with van der Waals surface area (Å²) in [5.74, 6) is 2.33. The van der Waals surface area contributed by atoms with Crippen molar-refractivity contribution in [2.45, 2.75) is 39.2 Å². The van der Waals surface area contributed by atoms with Gasteiger partial charge in [0.15, 0.2) is 0 Å². The summed E-state index contributed by atoms with van der Waals surface area (Å²) in [6.07, 6.45) is 3.46. The molecule has 0 aliphatic heterocycles. The maximum atomic E-state index is 12.6. The summed E-state index contributed by atoms with van der Waals surface area (Å²) >= 11 is 0. The Bertz CT molecular complexity index is 542. The van der Waals surface area contributed by atoms with Crippen LogP contribution in [0.5, 0.6) is 5.75 Å². The summed E-state index contributed by atoms with van der Waals surface area (Å²) in [5.41, 5.74) is 7.04. The smallest absolute Gasteiger partial charge is 0.229 e. The number of rotatable bonds is 5. The van der Waals surface area contributed by atoms with E-state index in [9.17, 15) is 4.79 Å². The minimum atomic E-state index is -0.0287. The molecule has 1 aromatic carbocycles. The molecule has 2 bridgehead atoms. The Labute approximate surface area is 132 Å². The predicted molar refractivity (Wildman–Crippen MR) is 87.7 cm³/mol. The predicted octanol–water partition coefficient (Wildman–Crippen LogP) is 3.03. The monoisotopic (exact) mass is 302 g/mol. The standard InChI is InChI=1S/C18H26N2O2/c1-11(2)10-22-15-5-3-4-14(9-15)20-18(21)16-12-6-7-13(8-12)17(16)19/h3-5,9,11-13,16-17H,6-8,10,19H2,1-2H3,(H,20,21). The summed E-state index contributed by atoms with van der Waals surface area (Å²) in [5, 5.41) is 3.03. The number of ether oxygens (including phenoxy) is 1. The van der Waals surface area contributed by atoms with Crippen LogP contribution in [0.3, 0.4) is 0 Å². The first kappa shape index (κ1) is 15.3. The largest absolute Gasteiger partial charge is 0.493 e. The van der Waals surface area contributed by atoms with Crippen LogP contribution in [0.15, 0.2) is 24.3 Å². The van der Waals surface area contributed by atoms with Gasteiger partial charge in [0.2, 0.25) is 5.91 Å². The molecule has 4 heteroatoms. The molecule has 0 saturated heterocycles. The van der Waals surface area contributed by atoms with Gasteiger partial charge in [-0.3, -0.25) is 4.79 Å². The number of carbonyl (C=O) groups excluding carboxylic acids is 1. The molecule has 22 heavy (non-hydrogen) atoms. The number of nitrogens with one attached hydrogen (secondary N) is 1. The summed E-state index contributed by atoms with van der Waals surface area (Å²) in [4.78, 5) is 12.6. The lowest BCUT2D eigenvalue weighted by Crippen LogP contribution is -2.42. The first-order chi connectivity index (χ1) is 10.5. The number of amides is 1. The van der Waals surface area contributed by atoms with E-state index < -0.39 is 0 Å². The molecule has 4 atom stereocenters. The minimum Gasteiger partial charge on any atom is -0.493 e. The molecule has 2 aliphatic carbocycles. The molecule has 0 radical (unpaired) electrons. The molecule has 0 spiro atoms. The van der Waals surface area contributed by atoms with Crippen LogP contribution in [0.25, 0.3) is 0 Å². The molecule has 1 aromatic rings. The number of hydrogen-bond acceptors (Lipinski definition) is 3. The fourth-order valence-corrected chi connectivity index (χ4v) is 3.88. The van der Waals surface area contributed by atoms with Crippen LogP contribution in [0.4, 0.5) is 5.69 Å². The highest BCUT2D eigenvalue weighted by Crippen LogP contribution is 2.47. The van der Waals surface area contributed by atoms with Gasteiger partial charge in [-0.2, -0.15) is 0 Å². The summed E-state index contributed by atoms with van der Waals surface area (Å²) < 4.78 is 5.71. The van der Waals surface area contributed by atoms with Gasteiger partial charge in [0.25, 0.3) is 0 Å². The summed E-state index contributed by atoms with van der Waals surface area (Å²) in [6.45, 7) is 4.90. The van der Waals surface area contributed by atoms with Crippen molar-refractivity contribution < 1.29 is 9.53 Å². The summed E-state index contributed by atoms with van der Waals surface area (Å²) in [6, 6.07) is 7.64. The van der Waals surface area contributed by atoms with Gasteiger partial charge in [0.1, 0.15) is 5.75 Å². The third-order valence-electron chi connectivity index (χ3n) is 4.97. The lowest BCUT2D eigenvalue weighted by Gasteiger charge is -2.27. The lowest BCUT2D eigenvalue weighted by atomic mass is 9.84. The van der Waals surface area contributed by atoms with Gasteiger partial charge in [-0.25, -0.2) is 0 Å². The third kappa shape index (κ3) is 3.12. The Hall–Kier alpha value is -1.55. The van der Waals surface area contributed by atoms with Crippen LogP contribution in [-0.2, 0) is 4.79 Å². The first-order valence-electron chi connectivity index (χ1n) is 8.34. The number of carbonyl (C=O) groups is 1. The molecule has 4 unspecified atom stereocenters. The first-order valence-corrected chi connectivity index (χ1v) is 8.34. The van der Waals surface area contributed by atoms with Gasteiger partial charge in [0.05, 0.1) is 12.5 Å². The Balaban J connectivity index is 1.63. The van der Waals surface area contributed by atoms with E-state index in [1.165, 1.54) is 6.42 Å². The molecule has 3 N–H and O–H groups in total. The Morgan fingerprint density at radius 2 is 2.14 bits per heavy atom. The zero-order valence-corrected chi connectivity index (χ0v) is 13.4. The number of fused-ring (bicyclic) bond motifs is 2. The maximum Gasteiger partial charge on any atom is 0.229 e. The van der Waals surface area contributed by atoms with Gasteiger partial charge >= 0.3 is 0 Å². The van der Waals surface area contributed by atoms with E-state index in [-0.39, 0.29) is 17.9 Å². The SMILES string of the molecule is CC(C)COc1cccc(NC(=O)C2C3CCC(C3)C2N)c1. The van der Waals surface area contributed by atoms with E-state index in [4.69, 9.17) is 10.5 Å². The number of anilines is 1. The highest BCUT2D eigenvalue weighted by molar-refractivity contribution is 5.93. The Morgan fingerprint density at radius 3 is 2.82 bits per heavy atom. The van der Waals surface area contributed by atoms with Crippen LogP contribution >= 0.6 is 0 Å². The second kappa shape index (κ2) is 6.29. The Kier molecular flexibility index (Phi) is 4.39. The van der Waals surface area contributed by atoms with Crippen LogP contribution in [-0.4, -0.2) is 18.6 Å². The van der Waals surface area contributed by atoms with E-state index in [0.29, 0.717) is 24.4 Å². The van der Waals surface area contributed by atoms with Gasteiger partial charge in [-0.15, -0.1) is 0 Å². The topological polar surface area (TPSA) is 64.3 Å². The molecule has 1 amide bonds. The van der Waals surface area contributed by atoms with Crippen LogP contribution < -0.4 is 15.8 Å². The molecule has 0 aromatic heterocycles. The molecule has 2 saturated carbocycles. The third-order valence-corrected chi connectivity index (χ3v) is 4.97. The molecule has 4 nitrogen and oxygen atoms in total. The van der Waals surface area contributed by atoms with Crippen LogP contribution in [0.2, 0.25) is 0 Å².